The van der Waals surface area contributed by atoms with Crippen molar-refractivity contribution in [3.05, 3.63) is 41.9 Å². The standard InChI is InChI=1S/C12H15NO2/c14-11(12-6-2-4-8-15-12)9-10-5-1-3-7-13-10/h1,3,5-7,11,14H,2,4,8-9H2. The van der Waals surface area contributed by atoms with Gasteiger partial charge in [0.05, 0.1) is 6.61 Å². The maximum atomic E-state index is 9.89. The van der Waals surface area contributed by atoms with Crippen LogP contribution in [0, 0.1) is 0 Å². The topological polar surface area (TPSA) is 42.4 Å². The van der Waals surface area contributed by atoms with Crippen LogP contribution in [0.15, 0.2) is 36.2 Å². The number of aromatic nitrogens is 1. The zero-order chi connectivity index (χ0) is 10.5. The fourth-order valence-corrected chi connectivity index (χ4v) is 1.63. The van der Waals surface area contributed by atoms with Crippen molar-refractivity contribution in [1.29, 1.82) is 0 Å². The maximum Gasteiger partial charge on any atom is 0.121 e. The first-order chi connectivity index (χ1) is 7.36. The predicted octanol–water partition coefficient (Wildman–Crippen LogP) is 1.68. The smallest absolute Gasteiger partial charge is 0.121 e. The minimum Gasteiger partial charge on any atom is -0.495 e. The van der Waals surface area contributed by atoms with Gasteiger partial charge >= 0.3 is 0 Å². The van der Waals surface area contributed by atoms with Crippen LogP contribution in [0.25, 0.3) is 0 Å². The minimum absolute atomic E-state index is 0.521. The van der Waals surface area contributed by atoms with E-state index in [1.165, 1.54) is 0 Å². The lowest BCUT2D eigenvalue weighted by Gasteiger charge is -2.19. The molecule has 1 N–H and O–H groups in total. The average Bonchev–Trinajstić information content (AvgIpc) is 2.31. The molecule has 0 fully saturated rings. The van der Waals surface area contributed by atoms with E-state index in [0.717, 1.165) is 18.5 Å². The highest BCUT2D eigenvalue weighted by molar-refractivity contribution is 5.10. The van der Waals surface area contributed by atoms with Crippen LogP contribution in [-0.4, -0.2) is 22.8 Å². The van der Waals surface area contributed by atoms with Gasteiger partial charge in [0, 0.05) is 18.3 Å². The molecular formula is C12H15NO2. The molecule has 0 saturated carbocycles. The summed E-state index contributed by atoms with van der Waals surface area (Å²) >= 11 is 0. The van der Waals surface area contributed by atoms with Gasteiger partial charge in [0.15, 0.2) is 0 Å². The molecule has 2 rings (SSSR count). The first kappa shape index (κ1) is 10.2. The number of pyridine rings is 1. The van der Waals surface area contributed by atoms with Crippen LogP contribution in [0.2, 0.25) is 0 Å². The van der Waals surface area contributed by atoms with Crippen molar-refractivity contribution in [3.63, 3.8) is 0 Å². The SMILES string of the molecule is OC(Cc1ccccn1)C1=CCCCO1. The summed E-state index contributed by atoms with van der Waals surface area (Å²) < 4.78 is 5.40. The molecule has 1 atom stereocenters. The summed E-state index contributed by atoms with van der Waals surface area (Å²) in [5, 5.41) is 9.89. The van der Waals surface area contributed by atoms with Crippen LogP contribution >= 0.6 is 0 Å². The molecule has 2 heterocycles. The molecule has 1 aliphatic rings. The van der Waals surface area contributed by atoms with Crippen LogP contribution in [0.3, 0.4) is 0 Å². The third-order valence-electron chi connectivity index (χ3n) is 2.42. The van der Waals surface area contributed by atoms with Gasteiger partial charge in [-0.25, -0.2) is 0 Å². The Morgan fingerprint density at radius 3 is 3.07 bits per heavy atom. The van der Waals surface area contributed by atoms with Crippen LogP contribution in [0.1, 0.15) is 18.5 Å². The van der Waals surface area contributed by atoms with Crippen molar-refractivity contribution in [2.75, 3.05) is 6.61 Å². The molecule has 0 aromatic carbocycles. The van der Waals surface area contributed by atoms with Gasteiger partial charge in [-0.1, -0.05) is 6.07 Å². The maximum absolute atomic E-state index is 9.89. The van der Waals surface area contributed by atoms with E-state index in [1.807, 2.05) is 24.3 Å². The van der Waals surface area contributed by atoms with Crippen LogP contribution < -0.4 is 0 Å². The fraction of sp³-hybridized carbons (Fsp3) is 0.417. The minimum atomic E-state index is -0.555. The molecule has 0 radical (unpaired) electrons. The Morgan fingerprint density at radius 2 is 2.40 bits per heavy atom. The Labute approximate surface area is 89.4 Å². The monoisotopic (exact) mass is 205 g/mol. The predicted molar refractivity (Wildman–Crippen MR) is 57.2 cm³/mol. The Morgan fingerprint density at radius 1 is 1.47 bits per heavy atom. The molecule has 15 heavy (non-hydrogen) atoms. The Balaban J connectivity index is 1.97. The first-order valence-corrected chi connectivity index (χ1v) is 5.27. The molecule has 80 valence electrons. The summed E-state index contributed by atoms with van der Waals surface area (Å²) in [6, 6.07) is 5.70. The molecule has 3 nitrogen and oxygen atoms in total. The van der Waals surface area contributed by atoms with Crippen LogP contribution in [0.5, 0.6) is 0 Å². The summed E-state index contributed by atoms with van der Waals surface area (Å²) in [5.41, 5.74) is 0.889. The summed E-state index contributed by atoms with van der Waals surface area (Å²) in [4.78, 5) is 4.17. The molecule has 0 amide bonds. The van der Waals surface area contributed by atoms with Crippen molar-refractivity contribution < 1.29 is 9.84 Å². The zero-order valence-electron chi connectivity index (χ0n) is 8.60. The lowest BCUT2D eigenvalue weighted by atomic mass is 10.1. The van der Waals surface area contributed by atoms with Gasteiger partial charge in [-0.15, -0.1) is 0 Å². The van der Waals surface area contributed by atoms with Gasteiger partial charge in [-0.05, 0) is 31.1 Å². The molecule has 0 bridgehead atoms. The summed E-state index contributed by atoms with van der Waals surface area (Å²) in [6.45, 7) is 0.713. The summed E-state index contributed by atoms with van der Waals surface area (Å²) in [7, 11) is 0. The molecule has 1 unspecified atom stereocenters. The number of hydrogen-bond donors (Lipinski definition) is 1. The lowest BCUT2D eigenvalue weighted by molar-refractivity contribution is 0.0912. The van der Waals surface area contributed by atoms with E-state index < -0.39 is 6.10 Å². The van der Waals surface area contributed by atoms with Crippen molar-refractivity contribution in [1.82, 2.24) is 4.98 Å². The largest absolute Gasteiger partial charge is 0.495 e. The van der Waals surface area contributed by atoms with Crippen molar-refractivity contribution in [3.8, 4) is 0 Å². The highest BCUT2D eigenvalue weighted by atomic mass is 16.5. The van der Waals surface area contributed by atoms with E-state index in [0.29, 0.717) is 18.8 Å². The highest BCUT2D eigenvalue weighted by Crippen LogP contribution is 2.16. The second-order valence-corrected chi connectivity index (χ2v) is 3.64. The molecule has 1 aromatic heterocycles. The number of nitrogens with zero attached hydrogens (tertiary/aromatic N) is 1. The van der Waals surface area contributed by atoms with Gasteiger partial charge in [-0.3, -0.25) is 4.98 Å². The van der Waals surface area contributed by atoms with Crippen LogP contribution in [-0.2, 0) is 11.2 Å². The van der Waals surface area contributed by atoms with Crippen molar-refractivity contribution >= 4 is 0 Å². The van der Waals surface area contributed by atoms with E-state index in [4.69, 9.17) is 4.74 Å². The molecule has 3 heteroatoms. The highest BCUT2D eigenvalue weighted by Gasteiger charge is 2.15. The number of hydrogen-bond acceptors (Lipinski definition) is 3. The molecule has 0 aliphatic carbocycles. The Kier molecular flexibility index (Phi) is 3.35. The van der Waals surface area contributed by atoms with E-state index in [-0.39, 0.29) is 0 Å². The third kappa shape index (κ3) is 2.80. The summed E-state index contributed by atoms with van der Waals surface area (Å²) in [6.07, 6.45) is 5.70. The quantitative estimate of drug-likeness (QED) is 0.816. The van der Waals surface area contributed by atoms with Crippen LogP contribution in [0.4, 0.5) is 0 Å². The van der Waals surface area contributed by atoms with Crippen molar-refractivity contribution in [2.24, 2.45) is 0 Å². The third-order valence-corrected chi connectivity index (χ3v) is 2.42. The molecular weight excluding hydrogens is 190 g/mol. The van der Waals surface area contributed by atoms with Crippen molar-refractivity contribution in [2.45, 2.75) is 25.4 Å². The number of aliphatic hydroxyl groups excluding tert-OH is 1. The van der Waals surface area contributed by atoms with Gasteiger partial charge in [0.25, 0.3) is 0 Å². The average molecular weight is 205 g/mol. The van der Waals surface area contributed by atoms with E-state index in [9.17, 15) is 5.11 Å². The van der Waals surface area contributed by atoms with Gasteiger partial charge in [-0.2, -0.15) is 0 Å². The van der Waals surface area contributed by atoms with Gasteiger partial charge in [0.1, 0.15) is 11.9 Å². The number of ether oxygens (including phenoxy) is 1. The van der Waals surface area contributed by atoms with Gasteiger partial charge in [0.2, 0.25) is 0 Å². The lowest BCUT2D eigenvalue weighted by Crippen LogP contribution is -2.19. The van der Waals surface area contributed by atoms with E-state index in [1.54, 1.807) is 6.20 Å². The fourth-order valence-electron chi connectivity index (χ4n) is 1.63. The second kappa shape index (κ2) is 4.94. The molecule has 0 saturated heterocycles. The first-order valence-electron chi connectivity index (χ1n) is 5.27. The van der Waals surface area contributed by atoms with E-state index >= 15 is 0 Å². The molecule has 1 aliphatic heterocycles. The number of rotatable bonds is 3. The second-order valence-electron chi connectivity index (χ2n) is 3.64. The molecule has 1 aromatic rings. The van der Waals surface area contributed by atoms with E-state index in [2.05, 4.69) is 4.98 Å². The Hall–Kier alpha value is -1.35. The molecule has 0 spiro atoms. The summed E-state index contributed by atoms with van der Waals surface area (Å²) in [5.74, 6) is 0.701. The Bertz CT molecular complexity index is 335. The normalized spacial score (nSPS) is 17.8. The van der Waals surface area contributed by atoms with Gasteiger partial charge < -0.3 is 9.84 Å². The number of allylic oxidation sites excluding steroid dienone is 1. The number of aliphatic hydroxyl groups is 1. The zero-order valence-corrected chi connectivity index (χ0v) is 8.60.